The molecule has 1 N–H and O–H groups in total. The average molecular weight is 369 g/mol. The van der Waals surface area contributed by atoms with Crippen molar-refractivity contribution < 1.29 is 27.5 Å². The molecule has 2 rings (SSSR count). The topological polar surface area (TPSA) is 55.4 Å². The summed E-state index contributed by atoms with van der Waals surface area (Å²) in [5.74, 6) is -4.73. The van der Waals surface area contributed by atoms with Gasteiger partial charge in [0.25, 0.3) is 11.7 Å². The van der Waals surface area contributed by atoms with Gasteiger partial charge in [-0.15, -0.1) is 0 Å². The Bertz CT molecular complexity index is 783. The van der Waals surface area contributed by atoms with E-state index in [2.05, 4.69) is 5.32 Å². The van der Waals surface area contributed by atoms with Crippen LogP contribution in [-0.2, 0) is 9.53 Å². The summed E-state index contributed by atoms with van der Waals surface area (Å²) in [6, 6.07) is 9.86. The van der Waals surface area contributed by atoms with Gasteiger partial charge in [0.1, 0.15) is 5.82 Å². The van der Waals surface area contributed by atoms with Crippen LogP contribution in [0.3, 0.4) is 0 Å². The predicted molar refractivity (Wildman–Crippen MR) is 88.4 cm³/mol. The molecule has 25 heavy (non-hydrogen) atoms. The minimum atomic E-state index is -2.69. The molecule has 0 unspecified atom stereocenters. The molecule has 8 heteroatoms. The van der Waals surface area contributed by atoms with E-state index in [4.69, 9.17) is 4.74 Å². The van der Waals surface area contributed by atoms with Crippen molar-refractivity contribution in [3.05, 3.63) is 59.4 Å². The second kappa shape index (κ2) is 8.57. The van der Waals surface area contributed by atoms with E-state index in [9.17, 15) is 22.8 Å². The van der Waals surface area contributed by atoms with Crippen molar-refractivity contribution in [1.29, 1.82) is 0 Å². The molecule has 0 atom stereocenters. The number of alkyl halides is 2. The maximum absolute atomic E-state index is 13.4. The van der Waals surface area contributed by atoms with Gasteiger partial charge < -0.3 is 10.1 Å². The van der Waals surface area contributed by atoms with Crippen molar-refractivity contribution in [2.24, 2.45) is 0 Å². The monoisotopic (exact) mass is 369 g/mol. The molecular weight excluding hydrogens is 355 g/mol. The van der Waals surface area contributed by atoms with E-state index < -0.39 is 30.1 Å². The van der Waals surface area contributed by atoms with Crippen LogP contribution in [0.4, 0.5) is 18.9 Å². The van der Waals surface area contributed by atoms with Gasteiger partial charge in [-0.25, -0.2) is 9.18 Å². The van der Waals surface area contributed by atoms with E-state index in [1.807, 2.05) is 0 Å². The molecule has 0 aliphatic rings. The highest BCUT2D eigenvalue weighted by atomic mass is 32.2. The van der Waals surface area contributed by atoms with Crippen molar-refractivity contribution in [1.82, 2.24) is 0 Å². The lowest BCUT2D eigenvalue weighted by Crippen LogP contribution is -2.21. The van der Waals surface area contributed by atoms with Crippen molar-refractivity contribution in [3.8, 4) is 0 Å². The standard InChI is InChI=1S/C17H14F3NO3S/c1-10-6-7-11(8-13(10)18)21-15(22)9-24-16(23)12-4-2-3-5-14(12)25-17(19)20/h2-8,17H,9H2,1H3,(H,21,22). The molecule has 0 saturated carbocycles. The number of hydrogen-bond acceptors (Lipinski definition) is 4. The molecule has 4 nitrogen and oxygen atoms in total. The maximum Gasteiger partial charge on any atom is 0.339 e. The van der Waals surface area contributed by atoms with Gasteiger partial charge in [0.15, 0.2) is 6.61 Å². The van der Waals surface area contributed by atoms with E-state index in [-0.39, 0.29) is 27.9 Å². The maximum atomic E-state index is 13.4. The first-order valence-corrected chi connectivity index (χ1v) is 8.01. The van der Waals surface area contributed by atoms with E-state index >= 15 is 0 Å². The normalized spacial score (nSPS) is 10.6. The van der Waals surface area contributed by atoms with E-state index in [0.29, 0.717) is 5.56 Å². The quantitative estimate of drug-likeness (QED) is 0.611. The lowest BCUT2D eigenvalue weighted by Gasteiger charge is -2.09. The minimum absolute atomic E-state index is 0.0537. The molecule has 0 fully saturated rings. The highest BCUT2D eigenvalue weighted by molar-refractivity contribution is 7.99. The first kappa shape index (κ1) is 18.9. The summed E-state index contributed by atoms with van der Waals surface area (Å²) in [6.45, 7) is 0.958. The summed E-state index contributed by atoms with van der Waals surface area (Å²) in [5.41, 5.74) is 0.595. The number of aryl methyl sites for hydroxylation is 1. The number of halogens is 3. The molecule has 0 aliphatic carbocycles. The molecule has 0 heterocycles. The van der Waals surface area contributed by atoms with Crippen LogP contribution < -0.4 is 5.32 Å². The summed E-state index contributed by atoms with van der Waals surface area (Å²) in [6.07, 6.45) is 0. The van der Waals surface area contributed by atoms with Crippen LogP contribution in [0.15, 0.2) is 47.4 Å². The van der Waals surface area contributed by atoms with Crippen molar-refractivity contribution in [2.45, 2.75) is 17.6 Å². The average Bonchev–Trinajstić information content (AvgIpc) is 2.56. The third-order valence-electron chi connectivity index (χ3n) is 3.11. The van der Waals surface area contributed by atoms with Crippen molar-refractivity contribution >= 4 is 29.3 Å². The van der Waals surface area contributed by atoms with Gasteiger partial charge in [-0.3, -0.25) is 4.79 Å². The smallest absolute Gasteiger partial charge is 0.339 e. The number of hydrogen-bond donors (Lipinski definition) is 1. The Labute approximate surface area is 146 Å². The number of benzene rings is 2. The second-order valence-corrected chi connectivity index (χ2v) is 5.99. The molecule has 1 amide bonds. The summed E-state index contributed by atoms with van der Waals surface area (Å²) in [5, 5.41) is 2.38. The zero-order valence-electron chi connectivity index (χ0n) is 13.1. The molecule has 0 radical (unpaired) electrons. The first-order valence-electron chi connectivity index (χ1n) is 7.14. The number of carbonyl (C=O) groups excluding carboxylic acids is 2. The lowest BCUT2D eigenvalue weighted by atomic mass is 10.2. The van der Waals surface area contributed by atoms with Crippen LogP contribution in [0.2, 0.25) is 0 Å². The number of nitrogens with one attached hydrogen (secondary N) is 1. The van der Waals surface area contributed by atoms with Gasteiger partial charge in [0.05, 0.1) is 5.56 Å². The van der Waals surface area contributed by atoms with Crippen LogP contribution >= 0.6 is 11.8 Å². The lowest BCUT2D eigenvalue weighted by molar-refractivity contribution is -0.119. The number of rotatable bonds is 6. The summed E-state index contributed by atoms with van der Waals surface area (Å²) < 4.78 is 43.2. The Morgan fingerprint density at radius 1 is 1.20 bits per heavy atom. The van der Waals surface area contributed by atoms with E-state index in [0.717, 1.165) is 6.07 Å². The van der Waals surface area contributed by atoms with Gasteiger partial charge in [-0.2, -0.15) is 8.78 Å². The fourth-order valence-corrected chi connectivity index (χ4v) is 2.54. The van der Waals surface area contributed by atoms with Gasteiger partial charge in [-0.1, -0.05) is 30.0 Å². The Hall–Kier alpha value is -2.48. The number of thioether (sulfide) groups is 1. The third kappa shape index (κ3) is 5.53. The SMILES string of the molecule is Cc1ccc(NC(=O)COC(=O)c2ccccc2SC(F)F)cc1F. The van der Waals surface area contributed by atoms with Crippen LogP contribution in [0.1, 0.15) is 15.9 Å². The van der Waals surface area contributed by atoms with Crippen LogP contribution in [0, 0.1) is 12.7 Å². The number of esters is 1. The van der Waals surface area contributed by atoms with Crippen LogP contribution in [0.25, 0.3) is 0 Å². The molecule has 2 aromatic rings. The van der Waals surface area contributed by atoms with Crippen molar-refractivity contribution in [2.75, 3.05) is 11.9 Å². The minimum Gasteiger partial charge on any atom is -0.452 e. The Morgan fingerprint density at radius 3 is 2.60 bits per heavy atom. The molecular formula is C17H14F3NO3S. The van der Waals surface area contributed by atoms with Gasteiger partial charge in [-0.05, 0) is 36.8 Å². The van der Waals surface area contributed by atoms with Gasteiger partial charge in [0, 0.05) is 10.6 Å². The summed E-state index contributed by atoms with van der Waals surface area (Å²) in [4.78, 5) is 23.8. The number of ether oxygens (including phenoxy) is 1. The third-order valence-corrected chi connectivity index (χ3v) is 3.90. The Morgan fingerprint density at radius 2 is 1.92 bits per heavy atom. The van der Waals surface area contributed by atoms with Gasteiger partial charge >= 0.3 is 5.97 Å². The zero-order valence-corrected chi connectivity index (χ0v) is 13.9. The second-order valence-electron chi connectivity index (χ2n) is 4.96. The molecule has 132 valence electrons. The highest BCUT2D eigenvalue weighted by Gasteiger charge is 2.17. The van der Waals surface area contributed by atoms with Crippen LogP contribution in [-0.4, -0.2) is 24.2 Å². The molecule has 0 spiro atoms. The van der Waals surface area contributed by atoms with E-state index in [1.54, 1.807) is 6.92 Å². The fourth-order valence-electron chi connectivity index (χ4n) is 1.91. The molecule has 0 bridgehead atoms. The number of anilines is 1. The molecule has 0 aromatic heterocycles. The molecule has 0 saturated heterocycles. The van der Waals surface area contributed by atoms with Gasteiger partial charge in [0.2, 0.25) is 0 Å². The summed E-state index contributed by atoms with van der Waals surface area (Å²) in [7, 11) is 0. The predicted octanol–water partition coefficient (Wildman–Crippen LogP) is 4.24. The summed E-state index contributed by atoms with van der Waals surface area (Å²) >= 11 is 0.217. The number of carbonyl (C=O) groups is 2. The molecule has 2 aromatic carbocycles. The van der Waals surface area contributed by atoms with E-state index in [1.165, 1.54) is 36.4 Å². The van der Waals surface area contributed by atoms with Crippen molar-refractivity contribution in [3.63, 3.8) is 0 Å². The Kier molecular flexibility index (Phi) is 6.46. The first-order chi connectivity index (χ1) is 11.9. The zero-order chi connectivity index (χ0) is 18.4. The largest absolute Gasteiger partial charge is 0.452 e. The molecule has 0 aliphatic heterocycles. The number of amides is 1. The Balaban J connectivity index is 1.95. The highest BCUT2D eigenvalue weighted by Crippen LogP contribution is 2.28. The fraction of sp³-hybridized carbons (Fsp3) is 0.176. The van der Waals surface area contributed by atoms with Crippen LogP contribution in [0.5, 0.6) is 0 Å².